The van der Waals surface area contributed by atoms with Gasteiger partial charge >= 0.3 is 6.03 Å². The molecule has 0 heterocycles. The summed E-state index contributed by atoms with van der Waals surface area (Å²) in [4.78, 5) is 22.8. The van der Waals surface area contributed by atoms with Crippen LogP contribution in [-0.4, -0.2) is 25.0 Å². The van der Waals surface area contributed by atoms with Gasteiger partial charge < -0.3 is 10.6 Å². The molecule has 0 saturated carbocycles. The number of urea groups is 1. The molecule has 0 unspecified atom stereocenters. The van der Waals surface area contributed by atoms with Crippen LogP contribution in [0.4, 0.5) is 4.79 Å². The Labute approximate surface area is 117 Å². The Hall–Kier alpha value is -1.59. The van der Waals surface area contributed by atoms with E-state index in [1.165, 1.54) is 7.05 Å². The summed E-state index contributed by atoms with van der Waals surface area (Å²) in [5.41, 5.74) is 0.962. The van der Waals surface area contributed by atoms with E-state index in [9.17, 15) is 9.59 Å². The van der Waals surface area contributed by atoms with E-state index in [2.05, 4.69) is 10.6 Å². The molecule has 0 radical (unpaired) electrons. The van der Waals surface area contributed by atoms with Crippen LogP contribution in [0.25, 0.3) is 0 Å². The zero-order valence-electron chi connectivity index (χ0n) is 11.2. The largest absolute Gasteiger partial charge is 0.341 e. The summed E-state index contributed by atoms with van der Waals surface area (Å²) in [7, 11) is 1.46. The van der Waals surface area contributed by atoms with Gasteiger partial charge in [-0.15, -0.1) is 0 Å². The van der Waals surface area contributed by atoms with E-state index in [1.54, 1.807) is 6.92 Å². The number of halogens is 1. The third-order valence-electron chi connectivity index (χ3n) is 2.85. The minimum Gasteiger partial charge on any atom is -0.341 e. The van der Waals surface area contributed by atoms with Crippen LogP contribution in [0.15, 0.2) is 24.3 Å². The lowest BCUT2D eigenvalue weighted by molar-refractivity contribution is -0.710. The van der Waals surface area contributed by atoms with Crippen molar-refractivity contribution in [2.75, 3.05) is 7.05 Å². The van der Waals surface area contributed by atoms with E-state index in [-0.39, 0.29) is 18.0 Å². The molecule has 104 valence electrons. The third kappa shape index (κ3) is 4.54. The van der Waals surface area contributed by atoms with Crippen LogP contribution in [-0.2, 0) is 4.79 Å². The van der Waals surface area contributed by atoms with E-state index in [0.717, 1.165) is 5.56 Å². The lowest BCUT2D eigenvalue weighted by Crippen LogP contribution is -2.92. The highest BCUT2D eigenvalue weighted by Crippen LogP contribution is 2.19. The average Bonchev–Trinajstić information content (AvgIpc) is 2.38. The van der Waals surface area contributed by atoms with E-state index in [0.29, 0.717) is 5.02 Å². The SMILES string of the molecule is CNC(=O)NC(=O)[C@@H](C)[NH2+][C@@H](C)c1ccccc1Cl. The van der Waals surface area contributed by atoms with Gasteiger partial charge in [-0.25, -0.2) is 4.79 Å². The Kier molecular flexibility index (Phi) is 5.79. The molecule has 0 aliphatic rings. The maximum absolute atomic E-state index is 11.7. The van der Waals surface area contributed by atoms with Crippen LogP contribution in [0.5, 0.6) is 0 Å². The van der Waals surface area contributed by atoms with Gasteiger partial charge in [0.15, 0.2) is 6.04 Å². The molecule has 2 atom stereocenters. The number of quaternary nitrogens is 1. The lowest BCUT2D eigenvalue weighted by atomic mass is 10.1. The molecular weight excluding hydrogens is 266 g/mol. The molecule has 1 aromatic carbocycles. The average molecular weight is 285 g/mol. The summed E-state index contributed by atoms with van der Waals surface area (Å²) in [6, 6.07) is 6.64. The van der Waals surface area contributed by atoms with Gasteiger partial charge in [-0.05, 0) is 19.9 Å². The van der Waals surface area contributed by atoms with Crippen LogP contribution in [0, 0.1) is 0 Å². The number of carbonyl (C=O) groups excluding carboxylic acids is 2. The molecule has 0 aliphatic carbocycles. The van der Waals surface area contributed by atoms with Crippen molar-refractivity contribution in [3.8, 4) is 0 Å². The molecule has 1 rings (SSSR count). The molecule has 0 aromatic heterocycles. The highest BCUT2D eigenvalue weighted by Gasteiger charge is 2.22. The van der Waals surface area contributed by atoms with Gasteiger partial charge in [-0.2, -0.15) is 0 Å². The predicted molar refractivity (Wildman–Crippen MR) is 73.9 cm³/mol. The molecule has 5 nitrogen and oxygen atoms in total. The highest BCUT2D eigenvalue weighted by molar-refractivity contribution is 6.31. The molecule has 1 aromatic rings. The summed E-state index contributed by atoms with van der Waals surface area (Å²) < 4.78 is 0. The number of nitrogens with two attached hydrogens (primary N) is 1. The minimum absolute atomic E-state index is 0.0270. The summed E-state index contributed by atoms with van der Waals surface area (Å²) in [5.74, 6) is -0.335. The van der Waals surface area contributed by atoms with Gasteiger partial charge in [0, 0.05) is 17.6 Å². The number of imide groups is 1. The standard InChI is InChI=1S/C13H18ClN3O2/c1-8(10-6-4-5-7-11(10)14)16-9(2)12(18)17-13(19)15-3/h4-9,16H,1-3H3,(H2,15,17,18,19)/p+1/t8-,9+/m0/s1. The van der Waals surface area contributed by atoms with Crippen molar-refractivity contribution >= 4 is 23.5 Å². The fourth-order valence-corrected chi connectivity index (χ4v) is 2.06. The monoisotopic (exact) mass is 284 g/mol. The van der Waals surface area contributed by atoms with Crippen LogP contribution >= 0.6 is 11.6 Å². The molecule has 4 N–H and O–H groups in total. The highest BCUT2D eigenvalue weighted by atomic mass is 35.5. The first-order chi connectivity index (χ1) is 8.95. The summed E-state index contributed by atoms with van der Waals surface area (Å²) >= 11 is 6.10. The minimum atomic E-state index is -0.504. The van der Waals surface area contributed by atoms with E-state index >= 15 is 0 Å². The maximum Gasteiger partial charge on any atom is 0.321 e. The molecule has 3 amide bonds. The van der Waals surface area contributed by atoms with Gasteiger partial charge in [0.25, 0.3) is 5.91 Å². The molecule has 0 aliphatic heterocycles. The Bertz CT molecular complexity index is 465. The maximum atomic E-state index is 11.7. The van der Waals surface area contributed by atoms with Gasteiger partial charge in [-0.3, -0.25) is 10.1 Å². The second-order valence-electron chi connectivity index (χ2n) is 4.36. The number of benzene rings is 1. The van der Waals surface area contributed by atoms with E-state index in [4.69, 9.17) is 11.6 Å². The topological polar surface area (TPSA) is 74.8 Å². The van der Waals surface area contributed by atoms with Gasteiger partial charge in [0.05, 0.1) is 0 Å². The predicted octanol–water partition coefficient (Wildman–Crippen LogP) is 0.809. The zero-order valence-corrected chi connectivity index (χ0v) is 12.0. The molecule has 0 saturated heterocycles. The van der Waals surface area contributed by atoms with Crippen LogP contribution in [0.1, 0.15) is 25.5 Å². The number of hydrogen-bond donors (Lipinski definition) is 3. The summed E-state index contributed by atoms with van der Waals surface area (Å²) in [6.45, 7) is 3.70. The smallest absolute Gasteiger partial charge is 0.321 e. The first-order valence-electron chi connectivity index (χ1n) is 6.07. The van der Waals surface area contributed by atoms with Crippen molar-refractivity contribution in [2.24, 2.45) is 0 Å². The van der Waals surface area contributed by atoms with Crippen LogP contribution < -0.4 is 16.0 Å². The number of amides is 3. The second-order valence-corrected chi connectivity index (χ2v) is 4.77. The lowest BCUT2D eigenvalue weighted by Gasteiger charge is -2.17. The number of carbonyl (C=O) groups is 2. The van der Waals surface area contributed by atoms with Crippen molar-refractivity contribution in [1.29, 1.82) is 0 Å². The zero-order chi connectivity index (χ0) is 14.4. The van der Waals surface area contributed by atoms with E-state index in [1.807, 2.05) is 36.5 Å². The number of hydrogen-bond acceptors (Lipinski definition) is 2. The summed E-state index contributed by atoms with van der Waals surface area (Å²) in [6.07, 6.45) is 0. The van der Waals surface area contributed by atoms with Crippen molar-refractivity contribution in [1.82, 2.24) is 10.6 Å². The van der Waals surface area contributed by atoms with Crippen molar-refractivity contribution < 1.29 is 14.9 Å². The fraction of sp³-hybridized carbons (Fsp3) is 0.385. The quantitative estimate of drug-likeness (QED) is 0.765. The molecular formula is C13H19ClN3O2+. The van der Waals surface area contributed by atoms with Gasteiger partial charge in [0.2, 0.25) is 0 Å². The van der Waals surface area contributed by atoms with Crippen molar-refractivity contribution in [3.05, 3.63) is 34.9 Å². The first-order valence-corrected chi connectivity index (χ1v) is 6.45. The van der Waals surface area contributed by atoms with E-state index < -0.39 is 6.03 Å². The molecule has 19 heavy (non-hydrogen) atoms. The van der Waals surface area contributed by atoms with Crippen LogP contribution in [0.2, 0.25) is 5.02 Å². The molecule has 0 fully saturated rings. The Morgan fingerprint density at radius 3 is 2.47 bits per heavy atom. The van der Waals surface area contributed by atoms with Crippen LogP contribution in [0.3, 0.4) is 0 Å². The normalized spacial score (nSPS) is 13.5. The Balaban J connectivity index is 2.62. The number of nitrogens with one attached hydrogen (secondary N) is 2. The molecule has 0 bridgehead atoms. The first kappa shape index (κ1) is 15.5. The Morgan fingerprint density at radius 1 is 1.26 bits per heavy atom. The molecule has 6 heteroatoms. The van der Waals surface area contributed by atoms with Crippen molar-refractivity contribution in [2.45, 2.75) is 25.9 Å². The number of rotatable bonds is 4. The second kappa shape index (κ2) is 7.11. The summed E-state index contributed by atoms with van der Waals surface area (Å²) in [5, 5.41) is 7.12. The van der Waals surface area contributed by atoms with Gasteiger partial charge in [0.1, 0.15) is 6.04 Å². The Morgan fingerprint density at radius 2 is 1.89 bits per heavy atom. The van der Waals surface area contributed by atoms with Crippen molar-refractivity contribution in [3.63, 3.8) is 0 Å². The van der Waals surface area contributed by atoms with Gasteiger partial charge in [-0.1, -0.05) is 29.8 Å². The fourth-order valence-electron chi connectivity index (χ4n) is 1.76. The molecule has 0 spiro atoms. The third-order valence-corrected chi connectivity index (χ3v) is 3.19.